The van der Waals surface area contributed by atoms with Crippen LogP contribution >= 0.6 is 15.9 Å². The van der Waals surface area contributed by atoms with Gasteiger partial charge in [0, 0.05) is 19.3 Å². The molecule has 0 saturated carbocycles. The van der Waals surface area contributed by atoms with E-state index in [0.29, 0.717) is 13.1 Å². The van der Waals surface area contributed by atoms with Crippen LogP contribution in [-0.2, 0) is 4.74 Å². The SMILES string of the molecule is CC(C)(C)OC(=O)N1CC=C(c2ccnc(Br)c2)C1. The van der Waals surface area contributed by atoms with Gasteiger partial charge in [-0.3, -0.25) is 0 Å². The number of halogens is 1. The predicted molar refractivity (Wildman–Crippen MR) is 77.7 cm³/mol. The maximum atomic E-state index is 12.0. The lowest BCUT2D eigenvalue weighted by molar-refractivity contribution is 0.0306. The summed E-state index contributed by atoms with van der Waals surface area (Å²) in [4.78, 5) is 17.7. The van der Waals surface area contributed by atoms with E-state index in [1.54, 1.807) is 11.1 Å². The third-order valence-corrected chi connectivity index (χ3v) is 3.10. The van der Waals surface area contributed by atoms with Crippen LogP contribution < -0.4 is 0 Å². The van der Waals surface area contributed by atoms with Gasteiger partial charge in [0.25, 0.3) is 0 Å². The third-order valence-electron chi connectivity index (χ3n) is 2.67. The summed E-state index contributed by atoms with van der Waals surface area (Å²) in [6.07, 6.45) is 3.52. The smallest absolute Gasteiger partial charge is 0.410 e. The molecule has 1 aromatic rings. The zero-order chi connectivity index (χ0) is 14.0. The van der Waals surface area contributed by atoms with Gasteiger partial charge in [0.1, 0.15) is 10.2 Å². The Labute approximate surface area is 121 Å². The highest BCUT2D eigenvalue weighted by molar-refractivity contribution is 9.10. The van der Waals surface area contributed by atoms with E-state index >= 15 is 0 Å². The average Bonchev–Trinajstić information content (AvgIpc) is 2.75. The first kappa shape index (κ1) is 14.1. The molecule has 0 saturated heterocycles. The molecule has 5 heteroatoms. The molecule has 2 rings (SSSR count). The molecule has 0 aliphatic carbocycles. The van der Waals surface area contributed by atoms with Crippen LogP contribution in [0.4, 0.5) is 4.79 Å². The first-order valence-corrected chi connectivity index (χ1v) is 6.93. The minimum Gasteiger partial charge on any atom is -0.444 e. The van der Waals surface area contributed by atoms with Gasteiger partial charge in [-0.25, -0.2) is 9.78 Å². The number of nitrogens with zero attached hydrogens (tertiary/aromatic N) is 2. The molecule has 0 fully saturated rings. The summed E-state index contributed by atoms with van der Waals surface area (Å²) >= 11 is 3.35. The molecule has 0 unspecified atom stereocenters. The topological polar surface area (TPSA) is 42.4 Å². The van der Waals surface area contributed by atoms with Crippen molar-refractivity contribution in [2.45, 2.75) is 26.4 Å². The molecule has 0 atom stereocenters. The van der Waals surface area contributed by atoms with Crippen molar-refractivity contribution in [3.8, 4) is 0 Å². The molecule has 1 aliphatic rings. The van der Waals surface area contributed by atoms with E-state index in [0.717, 1.165) is 15.7 Å². The molecule has 2 heterocycles. The molecule has 4 nitrogen and oxygen atoms in total. The Morgan fingerprint density at radius 2 is 2.21 bits per heavy atom. The molecule has 0 N–H and O–H groups in total. The molecule has 102 valence electrons. The van der Waals surface area contributed by atoms with E-state index in [2.05, 4.69) is 20.9 Å². The van der Waals surface area contributed by atoms with Gasteiger partial charge in [-0.1, -0.05) is 6.08 Å². The van der Waals surface area contributed by atoms with Gasteiger partial charge >= 0.3 is 6.09 Å². The van der Waals surface area contributed by atoms with Crippen molar-refractivity contribution in [1.29, 1.82) is 0 Å². The second-order valence-electron chi connectivity index (χ2n) is 5.46. The average molecular weight is 325 g/mol. The molecular weight excluding hydrogens is 308 g/mol. The van der Waals surface area contributed by atoms with E-state index in [-0.39, 0.29) is 6.09 Å². The van der Waals surface area contributed by atoms with Crippen LogP contribution in [0.25, 0.3) is 5.57 Å². The number of carbonyl (C=O) groups excluding carboxylic acids is 1. The maximum absolute atomic E-state index is 12.0. The van der Waals surface area contributed by atoms with Crippen molar-refractivity contribution < 1.29 is 9.53 Å². The van der Waals surface area contributed by atoms with Gasteiger partial charge < -0.3 is 9.64 Å². The number of aromatic nitrogens is 1. The van der Waals surface area contributed by atoms with Gasteiger partial charge in [-0.05, 0) is 60.0 Å². The van der Waals surface area contributed by atoms with Crippen molar-refractivity contribution in [3.05, 3.63) is 34.6 Å². The van der Waals surface area contributed by atoms with Crippen molar-refractivity contribution in [1.82, 2.24) is 9.88 Å². The summed E-state index contributed by atoms with van der Waals surface area (Å²) in [5, 5.41) is 0. The highest BCUT2D eigenvalue weighted by atomic mass is 79.9. The van der Waals surface area contributed by atoms with Crippen molar-refractivity contribution in [2.75, 3.05) is 13.1 Å². The molecule has 19 heavy (non-hydrogen) atoms. The fourth-order valence-corrected chi connectivity index (χ4v) is 2.20. The summed E-state index contributed by atoms with van der Waals surface area (Å²) in [6.45, 7) is 6.77. The minimum absolute atomic E-state index is 0.271. The molecule has 1 aromatic heterocycles. The Morgan fingerprint density at radius 1 is 1.47 bits per heavy atom. The molecule has 0 radical (unpaired) electrons. The Hall–Kier alpha value is -1.36. The predicted octanol–water partition coefficient (Wildman–Crippen LogP) is 3.48. The third kappa shape index (κ3) is 3.80. The van der Waals surface area contributed by atoms with Crippen molar-refractivity contribution in [3.63, 3.8) is 0 Å². The van der Waals surface area contributed by atoms with E-state index < -0.39 is 5.60 Å². The quantitative estimate of drug-likeness (QED) is 0.743. The molecule has 0 aromatic carbocycles. The summed E-state index contributed by atoms with van der Waals surface area (Å²) in [7, 11) is 0. The summed E-state index contributed by atoms with van der Waals surface area (Å²) in [6, 6.07) is 3.89. The lowest BCUT2D eigenvalue weighted by atomic mass is 10.1. The van der Waals surface area contributed by atoms with Crippen LogP contribution in [0.3, 0.4) is 0 Å². The van der Waals surface area contributed by atoms with Crippen LogP contribution in [0.1, 0.15) is 26.3 Å². The van der Waals surface area contributed by atoms with Crippen LogP contribution in [0.5, 0.6) is 0 Å². The number of amides is 1. The van der Waals surface area contributed by atoms with Gasteiger partial charge in [-0.15, -0.1) is 0 Å². The maximum Gasteiger partial charge on any atom is 0.410 e. The number of rotatable bonds is 1. The number of ether oxygens (including phenoxy) is 1. The number of hydrogen-bond acceptors (Lipinski definition) is 3. The highest BCUT2D eigenvalue weighted by Crippen LogP contribution is 2.23. The Balaban J connectivity index is 2.01. The standard InChI is InChI=1S/C14H17BrN2O2/c1-14(2,3)19-13(18)17-7-5-11(9-17)10-4-6-16-12(15)8-10/h4-6,8H,7,9H2,1-3H3. The highest BCUT2D eigenvalue weighted by Gasteiger charge is 2.25. The largest absolute Gasteiger partial charge is 0.444 e. The summed E-state index contributed by atoms with van der Waals surface area (Å²) in [5.74, 6) is 0. The molecule has 1 amide bonds. The van der Waals surface area contributed by atoms with Gasteiger partial charge in [0.15, 0.2) is 0 Å². The van der Waals surface area contributed by atoms with E-state index in [4.69, 9.17) is 4.74 Å². The fraction of sp³-hybridized carbons (Fsp3) is 0.429. The fourth-order valence-electron chi connectivity index (χ4n) is 1.83. The van der Waals surface area contributed by atoms with Crippen LogP contribution in [0, 0.1) is 0 Å². The molecule has 0 bridgehead atoms. The zero-order valence-corrected chi connectivity index (χ0v) is 12.9. The minimum atomic E-state index is -0.459. The molecular formula is C14H17BrN2O2. The van der Waals surface area contributed by atoms with E-state index in [9.17, 15) is 4.79 Å². The number of hydrogen-bond donors (Lipinski definition) is 0. The monoisotopic (exact) mass is 324 g/mol. The first-order valence-electron chi connectivity index (χ1n) is 6.14. The summed E-state index contributed by atoms with van der Waals surface area (Å²) < 4.78 is 6.15. The van der Waals surface area contributed by atoms with Gasteiger partial charge in [0.2, 0.25) is 0 Å². The van der Waals surface area contributed by atoms with Crippen LogP contribution in [0.2, 0.25) is 0 Å². The van der Waals surface area contributed by atoms with Crippen LogP contribution in [0.15, 0.2) is 29.0 Å². The Morgan fingerprint density at radius 3 is 2.84 bits per heavy atom. The summed E-state index contributed by atoms with van der Waals surface area (Å²) in [5.41, 5.74) is 1.74. The molecule has 0 spiro atoms. The number of carbonyl (C=O) groups is 1. The lowest BCUT2D eigenvalue weighted by Crippen LogP contribution is -2.35. The van der Waals surface area contributed by atoms with Gasteiger partial charge in [0.05, 0.1) is 0 Å². The van der Waals surface area contributed by atoms with E-state index in [1.807, 2.05) is 39.0 Å². The molecule has 1 aliphatic heterocycles. The number of pyridine rings is 1. The van der Waals surface area contributed by atoms with Crippen molar-refractivity contribution >= 4 is 27.6 Å². The first-order chi connectivity index (χ1) is 8.85. The van der Waals surface area contributed by atoms with Gasteiger partial charge in [-0.2, -0.15) is 0 Å². The second kappa shape index (κ2) is 5.33. The Bertz CT molecular complexity index is 520. The Kier molecular flexibility index (Phi) is 3.94. The normalized spacial score (nSPS) is 15.4. The van der Waals surface area contributed by atoms with E-state index in [1.165, 1.54) is 0 Å². The zero-order valence-electron chi connectivity index (χ0n) is 11.3. The van der Waals surface area contributed by atoms with Crippen LogP contribution in [-0.4, -0.2) is 34.7 Å². The lowest BCUT2D eigenvalue weighted by Gasteiger charge is -2.24. The second-order valence-corrected chi connectivity index (χ2v) is 6.27. The van der Waals surface area contributed by atoms with Crippen molar-refractivity contribution in [2.24, 2.45) is 0 Å².